The quantitative estimate of drug-likeness (QED) is 0.117. The molecular formula is C33H35ClF2N4O4. The van der Waals surface area contributed by atoms with Gasteiger partial charge in [0.1, 0.15) is 23.7 Å². The summed E-state index contributed by atoms with van der Waals surface area (Å²) in [6.45, 7) is 3.81. The average Bonchev–Trinajstić information content (AvgIpc) is 3.00. The van der Waals surface area contributed by atoms with Crippen LogP contribution in [-0.2, 0) is 29.1 Å². The van der Waals surface area contributed by atoms with E-state index < -0.39 is 11.9 Å². The molecule has 3 aromatic rings. The topological polar surface area (TPSA) is 108 Å². The molecule has 2 heterocycles. The summed E-state index contributed by atoms with van der Waals surface area (Å²) in [7, 11) is 0. The van der Waals surface area contributed by atoms with E-state index in [1.165, 1.54) is 11.1 Å². The molecule has 1 aromatic heterocycles. The Balaban J connectivity index is 1.30. The smallest absolute Gasteiger partial charge is 0.342 e. The summed E-state index contributed by atoms with van der Waals surface area (Å²) in [4.78, 5) is 18.5. The first kappa shape index (κ1) is 31.4. The number of fused-ring (bicyclic) bond motifs is 1. The molecule has 0 saturated heterocycles. The van der Waals surface area contributed by atoms with Crippen LogP contribution in [0.4, 0.5) is 14.6 Å². The number of carboxylic acids is 1. The Morgan fingerprint density at radius 3 is 2.68 bits per heavy atom. The zero-order valence-electron chi connectivity index (χ0n) is 24.4. The molecule has 1 aliphatic carbocycles. The highest BCUT2D eigenvalue weighted by Gasteiger charge is 2.37. The Morgan fingerprint density at radius 1 is 1.18 bits per heavy atom. The molecule has 0 bridgehead atoms. The molecule has 5 rings (SSSR count). The van der Waals surface area contributed by atoms with Crippen molar-refractivity contribution in [2.75, 3.05) is 18.5 Å². The molecule has 1 aliphatic heterocycles. The fourth-order valence-electron chi connectivity index (χ4n) is 5.75. The zero-order chi connectivity index (χ0) is 31.3. The van der Waals surface area contributed by atoms with Crippen LogP contribution in [0.25, 0.3) is 11.3 Å². The van der Waals surface area contributed by atoms with E-state index in [9.17, 15) is 18.7 Å². The van der Waals surface area contributed by atoms with Gasteiger partial charge >= 0.3 is 5.97 Å². The van der Waals surface area contributed by atoms with Gasteiger partial charge in [0, 0.05) is 43.8 Å². The number of carboxylic acid groups (broad SMARTS) is 1. The molecule has 0 spiro atoms. The first-order valence-electron chi connectivity index (χ1n) is 14.7. The number of hydrogen-bond acceptors (Lipinski definition) is 7. The molecule has 8 nitrogen and oxygen atoms in total. The van der Waals surface area contributed by atoms with E-state index in [-0.39, 0.29) is 43.6 Å². The van der Waals surface area contributed by atoms with Crippen molar-refractivity contribution in [2.24, 2.45) is 0 Å². The molecular weight excluding hydrogens is 590 g/mol. The van der Waals surface area contributed by atoms with Gasteiger partial charge in [0.2, 0.25) is 11.8 Å². The number of aliphatic carboxylic acids is 1. The van der Waals surface area contributed by atoms with Crippen LogP contribution in [0.15, 0.2) is 66.1 Å². The number of nitrogens with zero attached hydrogens (tertiary/aromatic N) is 2. The average molecular weight is 625 g/mol. The molecule has 0 amide bonds. The number of aromatic nitrogens is 1. The maximum Gasteiger partial charge on any atom is 0.342 e. The number of alkyl halides is 2. The number of pyridine rings is 1. The molecule has 44 heavy (non-hydrogen) atoms. The normalized spacial score (nSPS) is 17.3. The molecule has 11 heteroatoms. The van der Waals surface area contributed by atoms with Gasteiger partial charge in [0.05, 0.1) is 17.3 Å². The van der Waals surface area contributed by atoms with E-state index >= 15 is 0 Å². The van der Waals surface area contributed by atoms with Crippen LogP contribution in [0.3, 0.4) is 0 Å². The van der Waals surface area contributed by atoms with Gasteiger partial charge in [-0.05, 0) is 67.1 Å². The molecule has 1 saturated carbocycles. The second-order valence-corrected chi connectivity index (χ2v) is 11.4. The van der Waals surface area contributed by atoms with E-state index in [1.807, 2.05) is 12.1 Å². The van der Waals surface area contributed by atoms with Crippen molar-refractivity contribution in [3.05, 3.63) is 87.8 Å². The lowest BCUT2D eigenvalue weighted by Crippen LogP contribution is -2.43. The third kappa shape index (κ3) is 7.36. The second kappa shape index (κ2) is 13.7. The van der Waals surface area contributed by atoms with Crippen LogP contribution in [0.2, 0.25) is 5.02 Å². The summed E-state index contributed by atoms with van der Waals surface area (Å²) in [5.74, 6) is -3.12. The monoisotopic (exact) mass is 624 g/mol. The number of para-hydroxylation sites is 1. The highest BCUT2D eigenvalue weighted by atomic mass is 35.5. The van der Waals surface area contributed by atoms with Gasteiger partial charge in [-0.1, -0.05) is 41.9 Å². The maximum absolute atomic E-state index is 13.6. The SMILES string of the molecule is CCO/C(Nc1cccc(-c2cccc(Cl)c2OCc2ccc3c(c2)CCN(C2CCC(F)(F)CC2)C3)n1)=C(/C=N)C(=O)O. The minimum absolute atomic E-state index is 0.0284. The largest absolute Gasteiger partial charge is 0.487 e. The van der Waals surface area contributed by atoms with E-state index in [1.54, 1.807) is 37.3 Å². The summed E-state index contributed by atoms with van der Waals surface area (Å²) in [6.07, 6.45) is 2.60. The number of ether oxygens (including phenoxy) is 2. The Morgan fingerprint density at radius 2 is 1.95 bits per heavy atom. The number of halogens is 3. The highest BCUT2D eigenvalue weighted by molar-refractivity contribution is 6.32. The summed E-state index contributed by atoms with van der Waals surface area (Å²) in [6, 6.07) is 17.1. The number of nitrogens with one attached hydrogen (secondary N) is 2. The first-order chi connectivity index (χ1) is 21.2. The molecule has 0 radical (unpaired) electrons. The summed E-state index contributed by atoms with van der Waals surface area (Å²) in [5, 5.41) is 20.2. The molecule has 0 unspecified atom stereocenters. The van der Waals surface area contributed by atoms with Gasteiger partial charge in [-0.25, -0.2) is 18.6 Å². The standard InChI is InChI=1S/C33H35ClF2N4O4/c1-2-43-31(26(18-37)32(41)42)39-29-8-4-7-28(38-29)25-5-3-6-27(34)30(25)44-20-21-9-10-23-19-40(16-13-22(23)17-21)24-11-14-33(35,36)15-12-24/h3-10,17-18,24,37H,2,11-16,19-20H2,1H3,(H,38,39)(H,41,42)/b31-26-,37-18?. The van der Waals surface area contributed by atoms with Crippen molar-refractivity contribution in [1.29, 1.82) is 5.41 Å². The van der Waals surface area contributed by atoms with Crippen LogP contribution < -0.4 is 10.1 Å². The molecule has 2 aliphatic rings. The van der Waals surface area contributed by atoms with Gasteiger partial charge < -0.3 is 25.3 Å². The molecule has 232 valence electrons. The number of carbonyl (C=O) groups is 1. The minimum Gasteiger partial charge on any atom is -0.487 e. The maximum atomic E-state index is 13.6. The van der Waals surface area contributed by atoms with Crippen molar-refractivity contribution in [3.63, 3.8) is 0 Å². The molecule has 0 atom stereocenters. The Labute approximate surface area is 260 Å². The van der Waals surface area contributed by atoms with Gasteiger partial charge in [0.15, 0.2) is 0 Å². The van der Waals surface area contributed by atoms with E-state index in [0.717, 1.165) is 25.1 Å². The second-order valence-electron chi connectivity index (χ2n) is 11.0. The lowest BCUT2D eigenvalue weighted by Gasteiger charge is -2.39. The Kier molecular flexibility index (Phi) is 9.80. The van der Waals surface area contributed by atoms with E-state index in [2.05, 4.69) is 27.3 Å². The predicted molar refractivity (Wildman–Crippen MR) is 165 cm³/mol. The van der Waals surface area contributed by atoms with Crippen LogP contribution in [0.1, 0.15) is 49.3 Å². The van der Waals surface area contributed by atoms with Gasteiger partial charge in [-0.2, -0.15) is 0 Å². The summed E-state index contributed by atoms with van der Waals surface area (Å²) in [5.41, 5.74) is 4.32. The van der Waals surface area contributed by atoms with Crippen LogP contribution in [0.5, 0.6) is 5.75 Å². The predicted octanol–water partition coefficient (Wildman–Crippen LogP) is 7.31. The third-order valence-electron chi connectivity index (χ3n) is 8.04. The summed E-state index contributed by atoms with van der Waals surface area (Å²) >= 11 is 6.59. The van der Waals surface area contributed by atoms with Crippen LogP contribution in [0, 0.1) is 5.41 Å². The molecule has 3 N–H and O–H groups in total. The number of rotatable bonds is 11. The lowest BCUT2D eigenvalue weighted by molar-refractivity contribution is -0.132. The van der Waals surface area contributed by atoms with Crippen molar-refractivity contribution in [3.8, 4) is 17.0 Å². The molecule has 1 fully saturated rings. The number of benzene rings is 2. The molecule has 2 aromatic carbocycles. The van der Waals surface area contributed by atoms with Gasteiger partial charge in [-0.15, -0.1) is 0 Å². The number of anilines is 1. The lowest BCUT2D eigenvalue weighted by atomic mass is 9.89. The number of hydrogen-bond donors (Lipinski definition) is 3. The van der Waals surface area contributed by atoms with Crippen LogP contribution in [-0.4, -0.2) is 52.3 Å². The summed E-state index contributed by atoms with van der Waals surface area (Å²) < 4.78 is 39.0. The van der Waals surface area contributed by atoms with Crippen molar-refractivity contribution in [1.82, 2.24) is 9.88 Å². The van der Waals surface area contributed by atoms with Gasteiger partial charge in [-0.3, -0.25) is 4.90 Å². The van der Waals surface area contributed by atoms with Crippen molar-refractivity contribution < 1.29 is 28.2 Å². The van der Waals surface area contributed by atoms with Crippen molar-refractivity contribution >= 4 is 29.6 Å². The van der Waals surface area contributed by atoms with Crippen molar-refractivity contribution in [2.45, 2.75) is 64.1 Å². The third-order valence-corrected chi connectivity index (χ3v) is 8.34. The zero-order valence-corrected chi connectivity index (χ0v) is 25.2. The van der Waals surface area contributed by atoms with Gasteiger partial charge in [0.25, 0.3) is 0 Å². The van der Waals surface area contributed by atoms with E-state index in [4.69, 9.17) is 26.5 Å². The fraction of sp³-hybridized carbons (Fsp3) is 0.364. The Bertz CT molecular complexity index is 1550. The van der Waals surface area contributed by atoms with Crippen LogP contribution >= 0.6 is 11.6 Å². The first-order valence-corrected chi connectivity index (χ1v) is 15.0. The fourth-order valence-corrected chi connectivity index (χ4v) is 5.98. The Hall–Kier alpha value is -4.02. The highest BCUT2D eigenvalue weighted by Crippen LogP contribution is 2.38. The minimum atomic E-state index is -2.52. The van der Waals surface area contributed by atoms with E-state index in [0.29, 0.717) is 46.9 Å².